The van der Waals surface area contributed by atoms with Crippen molar-refractivity contribution < 1.29 is 74.4 Å². The molecule has 3 saturated heterocycles. The van der Waals surface area contributed by atoms with Gasteiger partial charge in [0, 0.05) is 13.0 Å². The van der Waals surface area contributed by atoms with Gasteiger partial charge < -0.3 is 74.4 Å². The summed E-state index contributed by atoms with van der Waals surface area (Å²) >= 11 is 0. The molecule has 0 spiro atoms. The molecule has 3 rings (SSSR count). The summed E-state index contributed by atoms with van der Waals surface area (Å²) in [5.74, 6) is -0.723. The fraction of sp³-hybridized carbons (Fsp3) is 1.00. The summed E-state index contributed by atoms with van der Waals surface area (Å²) in [6, 6.07) is 0. The topological polar surface area (TPSA) is 237 Å². The molecule has 0 aromatic heterocycles. The predicted molar refractivity (Wildman–Crippen MR) is 109 cm³/mol. The highest BCUT2D eigenvalue weighted by atomic mass is 16.7. The normalized spacial score (nSPS) is 51.3. The molecule has 0 aromatic carbocycles. The maximum atomic E-state index is 10.5. The predicted octanol–water partition coefficient (Wildman–Crippen LogP) is -5.64. The van der Waals surface area contributed by atoms with Crippen LogP contribution in [-0.2, 0) is 28.4 Å². The van der Waals surface area contributed by atoms with E-state index in [9.17, 15) is 46.0 Å². The second-order valence-electron chi connectivity index (χ2n) is 8.96. The summed E-state index contributed by atoms with van der Waals surface area (Å²) in [4.78, 5) is 0. The average molecular weight is 516 g/mol. The van der Waals surface area contributed by atoms with E-state index in [1.54, 1.807) is 6.92 Å². The molecular weight excluding hydrogens is 480 g/mol. The average Bonchev–Trinajstić information content (AvgIpc) is 2.85. The number of rotatable bonds is 8. The summed E-state index contributed by atoms with van der Waals surface area (Å²) in [6.07, 6.45) is -19.9. The number of hydrogen-bond acceptors (Lipinski definition) is 15. The zero-order chi connectivity index (χ0) is 26.0. The Balaban J connectivity index is 1.67. The lowest BCUT2D eigenvalue weighted by Crippen LogP contribution is -2.63. The standard InChI is InChI=1S/C20H36O15/c1-6-9(5-31-19-15(28)12(25)11(24)7(3-21)32-19)34-20(14(27)10(6)23)35-17-8(4-22)33-18(30-2)16(29)13(17)26/h6-29H,3-5H2,1-2H3/t6-,7?,8?,9?,10+,11+,12+,13-,14?,15?,16-,17-,18?,19+,20+/m1/s1. The molecule has 0 saturated carbocycles. The van der Waals surface area contributed by atoms with Crippen LogP contribution < -0.4 is 0 Å². The van der Waals surface area contributed by atoms with Gasteiger partial charge in [-0.1, -0.05) is 6.92 Å². The van der Waals surface area contributed by atoms with Crippen LogP contribution in [0.4, 0.5) is 0 Å². The molecule has 15 nitrogen and oxygen atoms in total. The van der Waals surface area contributed by atoms with Crippen LogP contribution >= 0.6 is 0 Å². The molecule has 3 fully saturated rings. The molecule has 0 radical (unpaired) electrons. The molecule has 15 atom stereocenters. The number of aliphatic hydroxyl groups is 9. The molecule has 35 heavy (non-hydrogen) atoms. The van der Waals surface area contributed by atoms with E-state index in [1.807, 2.05) is 0 Å². The molecule has 0 bridgehead atoms. The van der Waals surface area contributed by atoms with Gasteiger partial charge in [0.1, 0.15) is 54.9 Å². The van der Waals surface area contributed by atoms with Crippen LogP contribution in [-0.4, -0.2) is 159 Å². The lowest BCUT2D eigenvalue weighted by molar-refractivity contribution is -0.359. The molecule has 0 aliphatic carbocycles. The van der Waals surface area contributed by atoms with Gasteiger partial charge in [-0.25, -0.2) is 0 Å². The van der Waals surface area contributed by atoms with Gasteiger partial charge >= 0.3 is 0 Å². The van der Waals surface area contributed by atoms with Crippen molar-refractivity contribution in [2.75, 3.05) is 26.9 Å². The minimum Gasteiger partial charge on any atom is -0.394 e. The van der Waals surface area contributed by atoms with Crippen molar-refractivity contribution in [2.45, 2.75) is 92.9 Å². The van der Waals surface area contributed by atoms with Gasteiger partial charge in [-0.15, -0.1) is 0 Å². The number of hydrogen-bond donors (Lipinski definition) is 9. The molecule has 0 amide bonds. The number of methoxy groups -OCH3 is 1. The van der Waals surface area contributed by atoms with E-state index in [2.05, 4.69) is 0 Å². The zero-order valence-electron chi connectivity index (χ0n) is 19.3. The van der Waals surface area contributed by atoms with Crippen molar-refractivity contribution in [2.24, 2.45) is 5.92 Å². The molecule has 0 aromatic rings. The third kappa shape index (κ3) is 5.95. The third-order valence-corrected chi connectivity index (χ3v) is 6.68. The van der Waals surface area contributed by atoms with E-state index in [-0.39, 0.29) is 6.61 Å². The molecular formula is C20H36O15. The summed E-state index contributed by atoms with van der Waals surface area (Å²) in [6.45, 7) is -0.0578. The van der Waals surface area contributed by atoms with Crippen molar-refractivity contribution in [1.29, 1.82) is 0 Å². The largest absolute Gasteiger partial charge is 0.394 e. The van der Waals surface area contributed by atoms with Gasteiger partial charge in [-0.05, 0) is 0 Å². The first-order valence-corrected chi connectivity index (χ1v) is 11.3. The molecule has 3 aliphatic heterocycles. The van der Waals surface area contributed by atoms with Gasteiger partial charge in [-0.2, -0.15) is 0 Å². The van der Waals surface area contributed by atoms with E-state index in [0.29, 0.717) is 0 Å². The fourth-order valence-electron chi connectivity index (χ4n) is 4.34. The highest BCUT2D eigenvalue weighted by Gasteiger charge is 2.51. The van der Waals surface area contributed by atoms with Gasteiger partial charge in [-0.3, -0.25) is 0 Å². The summed E-state index contributed by atoms with van der Waals surface area (Å²) < 4.78 is 32.4. The maximum absolute atomic E-state index is 10.5. The Morgan fingerprint density at radius 2 is 1.14 bits per heavy atom. The summed E-state index contributed by atoms with van der Waals surface area (Å²) in [5, 5.41) is 90.5. The fourth-order valence-corrected chi connectivity index (χ4v) is 4.34. The molecule has 15 heteroatoms. The van der Waals surface area contributed by atoms with Gasteiger partial charge in [0.05, 0.1) is 32.0 Å². The van der Waals surface area contributed by atoms with Crippen LogP contribution in [0.25, 0.3) is 0 Å². The Kier molecular flexibility index (Phi) is 10.2. The second-order valence-corrected chi connectivity index (χ2v) is 8.96. The SMILES string of the molecule is COC1OC(CO)[C@@H](O[C@@H]2OC(CO[C@H]3OC(CO)[C@H](O)[C@H](O)C3O)[C@@H](C)[C@H](O)C2O)[C@H](O)[C@H]1O. The first-order valence-electron chi connectivity index (χ1n) is 11.3. The first-order chi connectivity index (χ1) is 16.5. The van der Waals surface area contributed by atoms with Crippen LogP contribution in [0.3, 0.4) is 0 Å². The maximum Gasteiger partial charge on any atom is 0.187 e. The lowest BCUT2D eigenvalue weighted by Gasteiger charge is -2.46. The molecule has 3 aliphatic rings. The first kappa shape index (κ1) is 29.0. The van der Waals surface area contributed by atoms with Gasteiger partial charge in [0.2, 0.25) is 0 Å². The monoisotopic (exact) mass is 516 g/mol. The Labute approximate surface area is 200 Å². The van der Waals surface area contributed by atoms with Crippen molar-refractivity contribution in [3.63, 3.8) is 0 Å². The van der Waals surface area contributed by atoms with E-state index >= 15 is 0 Å². The van der Waals surface area contributed by atoms with E-state index < -0.39 is 105 Å². The van der Waals surface area contributed by atoms with Crippen LogP contribution in [0.2, 0.25) is 0 Å². The van der Waals surface area contributed by atoms with Crippen molar-refractivity contribution in [3.05, 3.63) is 0 Å². The van der Waals surface area contributed by atoms with E-state index in [4.69, 9.17) is 28.4 Å². The van der Waals surface area contributed by atoms with Gasteiger partial charge in [0.25, 0.3) is 0 Å². The van der Waals surface area contributed by atoms with E-state index in [0.717, 1.165) is 0 Å². The lowest BCUT2D eigenvalue weighted by atomic mass is 9.90. The second kappa shape index (κ2) is 12.3. The van der Waals surface area contributed by atoms with Crippen molar-refractivity contribution in [3.8, 4) is 0 Å². The van der Waals surface area contributed by atoms with Crippen LogP contribution in [0, 0.1) is 5.92 Å². The Bertz CT molecular complexity index is 652. The smallest absolute Gasteiger partial charge is 0.187 e. The molecule has 6 unspecified atom stereocenters. The Morgan fingerprint density at radius 3 is 1.74 bits per heavy atom. The van der Waals surface area contributed by atoms with E-state index in [1.165, 1.54) is 7.11 Å². The highest BCUT2D eigenvalue weighted by molar-refractivity contribution is 4.94. The third-order valence-electron chi connectivity index (χ3n) is 6.68. The quantitative estimate of drug-likeness (QED) is 0.146. The minimum atomic E-state index is -1.65. The van der Waals surface area contributed by atoms with Crippen LogP contribution in [0.15, 0.2) is 0 Å². The highest BCUT2D eigenvalue weighted by Crippen LogP contribution is 2.32. The minimum absolute atomic E-state index is 0.338. The van der Waals surface area contributed by atoms with Crippen molar-refractivity contribution in [1.82, 2.24) is 0 Å². The zero-order valence-corrected chi connectivity index (χ0v) is 19.3. The van der Waals surface area contributed by atoms with Crippen LogP contribution in [0.1, 0.15) is 6.92 Å². The Hall–Kier alpha value is -0.600. The molecule has 206 valence electrons. The van der Waals surface area contributed by atoms with Crippen molar-refractivity contribution >= 4 is 0 Å². The summed E-state index contributed by atoms with van der Waals surface area (Å²) in [7, 11) is 1.24. The van der Waals surface area contributed by atoms with Gasteiger partial charge in [0.15, 0.2) is 18.9 Å². The Morgan fingerprint density at radius 1 is 0.600 bits per heavy atom. The number of ether oxygens (including phenoxy) is 6. The molecule has 3 heterocycles. The van der Waals surface area contributed by atoms with Crippen LogP contribution in [0.5, 0.6) is 0 Å². The molecule has 9 N–H and O–H groups in total. The summed E-state index contributed by atoms with van der Waals surface area (Å²) in [5.41, 5.74) is 0. The number of aliphatic hydroxyl groups excluding tert-OH is 9.